The van der Waals surface area contributed by atoms with Crippen molar-refractivity contribution in [1.82, 2.24) is 19.5 Å². The number of halogens is 1. The number of aromatic nitrogens is 3. The molecule has 1 aromatic carbocycles. The molecule has 1 unspecified atom stereocenters. The number of carbonyl (C=O) groups excluding carboxylic acids is 1. The molecule has 1 atom stereocenters. The third kappa shape index (κ3) is 2.79. The molecule has 2 saturated heterocycles. The van der Waals surface area contributed by atoms with Crippen LogP contribution >= 0.6 is 0 Å². The maximum atomic E-state index is 13.5. The number of rotatable bonds is 2. The van der Waals surface area contributed by atoms with Crippen molar-refractivity contribution in [1.29, 1.82) is 0 Å². The lowest BCUT2D eigenvalue weighted by atomic mass is 9.87. The number of amides is 1. The molecule has 2 aliphatic heterocycles. The van der Waals surface area contributed by atoms with Gasteiger partial charge in [0, 0.05) is 36.7 Å². The summed E-state index contributed by atoms with van der Waals surface area (Å²) >= 11 is 0. The fourth-order valence-corrected chi connectivity index (χ4v) is 5.25. The van der Waals surface area contributed by atoms with Gasteiger partial charge in [0.1, 0.15) is 11.4 Å². The zero-order chi connectivity index (χ0) is 20.2. The minimum Gasteiger partial charge on any atom is -0.364 e. The Bertz CT molecular complexity index is 1080. The van der Waals surface area contributed by atoms with Crippen LogP contribution in [0.4, 0.5) is 10.1 Å². The third-order valence-corrected chi connectivity index (χ3v) is 6.43. The number of hydrogen-bond donors (Lipinski definition) is 0. The fraction of sp³-hybridized carbons (Fsp3) is 0.409. The van der Waals surface area contributed by atoms with Gasteiger partial charge >= 0.3 is 0 Å². The molecule has 0 radical (unpaired) electrons. The Labute approximate surface area is 168 Å². The molecule has 7 heteroatoms. The summed E-state index contributed by atoms with van der Waals surface area (Å²) in [6.07, 6.45) is 7.92. The lowest BCUT2D eigenvalue weighted by molar-refractivity contribution is 0.0619. The first-order valence-corrected chi connectivity index (χ1v) is 10.0. The van der Waals surface area contributed by atoms with E-state index in [4.69, 9.17) is 0 Å². The fourth-order valence-electron chi connectivity index (χ4n) is 5.25. The third-order valence-electron chi connectivity index (χ3n) is 6.43. The Balaban J connectivity index is 1.50. The molecule has 2 aromatic heterocycles. The molecule has 0 bridgehead atoms. The molecule has 6 nitrogen and oxygen atoms in total. The Morgan fingerprint density at radius 3 is 2.79 bits per heavy atom. The van der Waals surface area contributed by atoms with E-state index in [9.17, 15) is 9.18 Å². The van der Waals surface area contributed by atoms with Gasteiger partial charge in [-0.15, -0.1) is 0 Å². The monoisotopic (exact) mass is 393 g/mol. The molecule has 3 aromatic rings. The second-order valence-corrected chi connectivity index (χ2v) is 8.78. The van der Waals surface area contributed by atoms with E-state index in [-0.39, 0.29) is 22.8 Å². The van der Waals surface area contributed by atoms with Gasteiger partial charge in [0.05, 0.1) is 11.7 Å². The van der Waals surface area contributed by atoms with Crippen LogP contribution in [-0.2, 0) is 0 Å². The Morgan fingerprint density at radius 1 is 1.21 bits per heavy atom. The van der Waals surface area contributed by atoms with Crippen LogP contribution in [-0.4, -0.2) is 49.6 Å². The van der Waals surface area contributed by atoms with Gasteiger partial charge in [-0.1, -0.05) is 0 Å². The number of anilines is 1. The van der Waals surface area contributed by atoms with Gasteiger partial charge in [0.2, 0.25) is 0 Å². The molecule has 2 fully saturated rings. The minimum atomic E-state index is -0.238. The van der Waals surface area contributed by atoms with Crippen LogP contribution in [0.3, 0.4) is 0 Å². The van der Waals surface area contributed by atoms with Gasteiger partial charge in [-0.3, -0.25) is 4.79 Å². The summed E-state index contributed by atoms with van der Waals surface area (Å²) < 4.78 is 15.1. The predicted molar refractivity (Wildman–Crippen MR) is 108 cm³/mol. The second kappa shape index (κ2) is 6.27. The summed E-state index contributed by atoms with van der Waals surface area (Å²) in [6.45, 7) is 5.87. The molecule has 4 heterocycles. The van der Waals surface area contributed by atoms with Gasteiger partial charge in [-0.2, -0.15) is 5.10 Å². The molecule has 5 rings (SSSR count). The molecule has 0 saturated carbocycles. The Kier molecular flexibility index (Phi) is 3.91. The van der Waals surface area contributed by atoms with E-state index in [0.717, 1.165) is 38.0 Å². The first kappa shape index (κ1) is 18.1. The minimum absolute atomic E-state index is 0.00652. The van der Waals surface area contributed by atoms with E-state index < -0.39 is 0 Å². The molecule has 0 aliphatic carbocycles. The molecule has 1 spiro atoms. The zero-order valence-corrected chi connectivity index (χ0v) is 16.7. The average molecular weight is 393 g/mol. The molecule has 29 heavy (non-hydrogen) atoms. The Hall–Kier alpha value is -2.96. The van der Waals surface area contributed by atoms with E-state index in [1.165, 1.54) is 12.1 Å². The van der Waals surface area contributed by atoms with Crippen molar-refractivity contribution in [3.8, 4) is 0 Å². The van der Waals surface area contributed by atoms with Crippen molar-refractivity contribution in [3.63, 3.8) is 0 Å². The summed E-state index contributed by atoms with van der Waals surface area (Å²) in [4.78, 5) is 22.2. The van der Waals surface area contributed by atoms with Gasteiger partial charge in [-0.25, -0.2) is 13.9 Å². The standard InChI is InChI=1S/C22H24FN5O/c1-21(2)14-22(15-27(21)17-7-5-16(23)6-8-17)9-3-11-26(22)20(29)18-13-25-28-12-4-10-24-19(18)28/h4-8,10,12-13H,3,9,11,14-15H2,1-2H3. The molecular formula is C22H24FN5O. The highest BCUT2D eigenvalue weighted by molar-refractivity contribution is 6.00. The average Bonchev–Trinajstić information content (AvgIpc) is 3.37. The molecule has 0 N–H and O–H groups in total. The molecule has 2 aliphatic rings. The van der Waals surface area contributed by atoms with Crippen LogP contribution in [0.2, 0.25) is 0 Å². The van der Waals surface area contributed by atoms with Crippen molar-refractivity contribution in [2.24, 2.45) is 0 Å². The maximum absolute atomic E-state index is 13.5. The quantitative estimate of drug-likeness (QED) is 0.668. The molecule has 150 valence electrons. The Morgan fingerprint density at radius 2 is 2.00 bits per heavy atom. The summed E-state index contributed by atoms with van der Waals surface area (Å²) in [5, 5.41) is 4.29. The lowest BCUT2D eigenvalue weighted by Crippen LogP contribution is -2.49. The van der Waals surface area contributed by atoms with Gasteiger partial charge in [0.15, 0.2) is 5.65 Å². The van der Waals surface area contributed by atoms with E-state index in [1.54, 1.807) is 29.2 Å². The smallest absolute Gasteiger partial charge is 0.259 e. The molecular weight excluding hydrogens is 369 g/mol. The summed E-state index contributed by atoms with van der Waals surface area (Å²) in [6, 6.07) is 8.45. The van der Waals surface area contributed by atoms with Crippen LogP contribution < -0.4 is 4.90 Å². The summed E-state index contributed by atoms with van der Waals surface area (Å²) in [5.41, 5.74) is 1.75. The predicted octanol–water partition coefficient (Wildman–Crippen LogP) is 3.53. The van der Waals surface area contributed by atoms with E-state index in [1.807, 2.05) is 17.0 Å². The van der Waals surface area contributed by atoms with Gasteiger partial charge in [-0.05, 0) is 63.4 Å². The topological polar surface area (TPSA) is 53.7 Å². The van der Waals surface area contributed by atoms with Crippen LogP contribution in [0.15, 0.2) is 48.9 Å². The molecule has 1 amide bonds. The van der Waals surface area contributed by atoms with Crippen molar-refractivity contribution >= 4 is 17.2 Å². The highest BCUT2D eigenvalue weighted by Crippen LogP contribution is 2.47. The normalized spacial score (nSPS) is 23.4. The van der Waals surface area contributed by atoms with Crippen LogP contribution in [0, 0.1) is 5.82 Å². The van der Waals surface area contributed by atoms with Crippen LogP contribution in [0.25, 0.3) is 5.65 Å². The lowest BCUT2D eigenvalue weighted by Gasteiger charge is -2.35. The van der Waals surface area contributed by atoms with Crippen molar-refractivity contribution in [2.75, 3.05) is 18.0 Å². The highest BCUT2D eigenvalue weighted by atomic mass is 19.1. The largest absolute Gasteiger partial charge is 0.364 e. The van der Waals surface area contributed by atoms with E-state index >= 15 is 0 Å². The first-order valence-electron chi connectivity index (χ1n) is 10.0. The van der Waals surface area contributed by atoms with Gasteiger partial charge in [0.25, 0.3) is 5.91 Å². The first-order chi connectivity index (χ1) is 13.9. The number of likely N-dealkylation sites (tertiary alicyclic amines) is 1. The highest BCUT2D eigenvalue weighted by Gasteiger charge is 2.55. The number of fused-ring (bicyclic) bond motifs is 1. The van der Waals surface area contributed by atoms with Crippen LogP contribution in [0.1, 0.15) is 43.5 Å². The number of hydrogen-bond acceptors (Lipinski definition) is 4. The van der Waals surface area contributed by atoms with E-state index in [2.05, 4.69) is 28.8 Å². The van der Waals surface area contributed by atoms with Crippen molar-refractivity contribution in [2.45, 2.75) is 44.2 Å². The van der Waals surface area contributed by atoms with Crippen molar-refractivity contribution in [3.05, 3.63) is 60.3 Å². The maximum Gasteiger partial charge on any atom is 0.259 e. The SMILES string of the molecule is CC1(C)CC2(CCCN2C(=O)c2cnn3cccnc23)CN1c1ccc(F)cc1. The number of nitrogens with zero attached hydrogens (tertiary/aromatic N) is 5. The van der Waals surface area contributed by atoms with Crippen LogP contribution in [0.5, 0.6) is 0 Å². The summed E-state index contributed by atoms with van der Waals surface area (Å²) in [7, 11) is 0. The second-order valence-electron chi connectivity index (χ2n) is 8.78. The van der Waals surface area contributed by atoms with Crippen molar-refractivity contribution < 1.29 is 9.18 Å². The zero-order valence-electron chi connectivity index (χ0n) is 16.7. The van der Waals surface area contributed by atoms with Gasteiger partial charge < -0.3 is 9.80 Å². The number of carbonyl (C=O) groups is 1. The number of benzene rings is 1. The van der Waals surface area contributed by atoms with E-state index in [0.29, 0.717) is 11.2 Å². The summed E-state index contributed by atoms with van der Waals surface area (Å²) in [5.74, 6) is -0.244.